The van der Waals surface area contributed by atoms with Crippen molar-refractivity contribution in [3.8, 4) is 0 Å². The van der Waals surface area contributed by atoms with E-state index in [0.717, 1.165) is 31.4 Å². The zero-order valence-corrected chi connectivity index (χ0v) is 10.3. The Labute approximate surface area is 105 Å². The first-order chi connectivity index (χ1) is 8.54. The van der Waals surface area contributed by atoms with Gasteiger partial charge in [0.25, 0.3) is 0 Å². The first-order valence-corrected chi connectivity index (χ1v) is 6.04. The van der Waals surface area contributed by atoms with Crippen molar-refractivity contribution in [2.24, 2.45) is 0 Å². The smallest absolute Gasteiger partial charge is 0.173 e. The van der Waals surface area contributed by atoms with Gasteiger partial charge in [0.05, 0.1) is 12.0 Å². The number of carbonyl (C=O) groups is 2. The summed E-state index contributed by atoms with van der Waals surface area (Å²) in [6.07, 6.45) is 2.70. The molecule has 0 saturated carbocycles. The SMILES string of the molecule is CCCCCC(=O)CC(=O)c1ccc(F)cc1F. The van der Waals surface area contributed by atoms with Gasteiger partial charge in [0.15, 0.2) is 5.78 Å². The van der Waals surface area contributed by atoms with Crippen molar-refractivity contribution < 1.29 is 18.4 Å². The van der Waals surface area contributed by atoms with Crippen LogP contribution in [0.1, 0.15) is 49.4 Å². The molecule has 0 aliphatic rings. The second kappa shape index (κ2) is 6.99. The Morgan fingerprint density at radius 3 is 2.50 bits per heavy atom. The molecule has 4 heteroatoms. The summed E-state index contributed by atoms with van der Waals surface area (Å²) in [7, 11) is 0. The van der Waals surface area contributed by atoms with Crippen molar-refractivity contribution in [2.45, 2.75) is 39.0 Å². The number of rotatable bonds is 7. The van der Waals surface area contributed by atoms with Crippen LogP contribution in [0.5, 0.6) is 0 Å². The molecule has 0 spiro atoms. The molecule has 0 fully saturated rings. The van der Waals surface area contributed by atoms with E-state index in [1.165, 1.54) is 0 Å². The maximum atomic E-state index is 13.3. The highest BCUT2D eigenvalue weighted by Gasteiger charge is 2.15. The van der Waals surface area contributed by atoms with Crippen molar-refractivity contribution >= 4 is 11.6 Å². The molecule has 0 heterocycles. The summed E-state index contributed by atoms with van der Waals surface area (Å²) >= 11 is 0. The molecule has 1 aromatic rings. The number of unbranched alkanes of at least 4 members (excludes halogenated alkanes) is 2. The maximum Gasteiger partial charge on any atom is 0.173 e. The standard InChI is InChI=1S/C14H16F2O2/c1-2-3-4-5-11(17)9-14(18)12-7-6-10(15)8-13(12)16/h6-8H,2-5,9H2,1H3. The third kappa shape index (κ3) is 4.35. The number of ketones is 2. The molecule has 0 bridgehead atoms. The van der Waals surface area contributed by atoms with Gasteiger partial charge >= 0.3 is 0 Å². The van der Waals surface area contributed by atoms with Gasteiger partial charge in [-0.1, -0.05) is 19.8 Å². The summed E-state index contributed by atoms with van der Waals surface area (Å²) in [6.45, 7) is 2.02. The molecule has 0 unspecified atom stereocenters. The predicted octanol–water partition coefficient (Wildman–Crippen LogP) is 3.69. The Morgan fingerprint density at radius 2 is 1.89 bits per heavy atom. The normalized spacial score (nSPS) is 10.4. The molecule has 2 nitrogen and oxygen atoms in total. The third-order valence-corrected chi connectivity index (χ3v) is 2.65. The van der Waals surface area contributed by atoms with E-state index in [0.29, 0.717) is 12.5 Å². The molecule has 98 valence electrons. The van der Waals surface area contributed by atoms with Gasteiger partial charge in [0.1, 0.15) is 17.4 Å². The molecule has 0 aliphatic heterocycles. The summed E-state index contributed by atoms with van der Waals surface area (Å²) < 4.78 is 25.9. The van der Waals surface area contributed by atoms with E-state index in [1.807, 2.05) is 6.92 Å². The van der Waals surface area contributed by atoms with E-state index >= 15 is 0 Å². The van der Waals surface area contributed by atoms with Crippen molar-refractivity contribution in [1.29, 1.82) is 0 Å². The molecule has 0 aromatic heterocycles. The minimum absolute atomic E-state index is 0.197. The van der Waals surface area contributed by atoms with Crippen LogP contribution in [0.15, 0.2) is 18.2 Å². The van der Waals surface area contributed by atoms with Crippen LogP contribution in [0.2, 0.25) is 0 Å². The molecule has 18 heavy (non-hydrogen) atoms. The van der Waals surface area contributed by atoms with E-state index in [-0.39, 0.29) is 17.8 Å². The lowest BCUT2D eigenvalue weighted by Crippen LogP contribution is -2.10. The highest BCUT2D eigenvalue weighted by Crippen LogP contribution is 2.13. The Balaban J connectivity index is 2.57. The lowest BCUT2D eigenvalue weighted by Gasteiger charge is -2.02. The molecular weight excluding hydrogens is 238 g/mol. The topological polar surface area (TPSA) is 34.1 Å². The highest BCUT2D eigenvalue weighted by atomic mass is 19.1. The van der Waals surface area contributed by atoms with Gasteiger partial charge in [-0.2, -0.15) is 0 Å². The van der Waals surface area contributed by atoms with E-state index in [4.69, 9.17) is 0 Å². The lowest BCUT2D eigenvalue weighted by atomic mass is 10.0. The Hall–Kier alpha value is -1.58. The molecule has 0 saturated heterocycles. The molecule has 0 amide bonds. The summed E-state index contributed by atoms with van der Waals surface area (Å²) in [5.74, 6) is -2.44. The van der Waals surface area contributed by atoms with E-state index in [2.05, 4.69) is 0 Å². The highest BCUT2D eigenvalue weighted by molar-refractivity contribution is 6.08. The minimum Gasteiger partial charge on any atom is -0.299 e. The fourth-order valence-corrected chi connectivity index (χ4v) is 1.65. The summed E-state index contributed by atoms with van der Waals surface area (Å²) in [6, 6.07) is 2.74. The van der Waals surface area contributed by atoms with Crippen LogP contribution in [0.3, 0.4) is 0 Å². The molecular formula is C14H16F2O2. The zero-order chi connectivity index (χ0) is 13.5. The van der Waals surface area contributed by atoms with Crippen molar-refractivity contribution in [2.75, 3.05) is 0 Å². The van der Waals surface area contributed by atoms with E-state index in [9.17, 15) is 18.4 Å². The van der Waals surface area contributed by atoms with Crippen molar-refractivity contribution in [3.05, 3.63) is 35.4 Å². The van der Waals surface area contributed by atoms with Gasteiger partial charge < -0.3 is 0 Å². The fourth-order valence-electron chi connectivity index (χ4n) is 1.65. The maximum absolute atomic E-state index is 13.3. The molecule has 0 aliphatic carbocycles. The summed E-state index contributed by atoms with van der Waals surface area (Å²) in [4.78, 5) is 23.1. The number of benzene rings is 1. The third-order valence-electron chi connectivity index (χ3n) is 2.65. The first kappa shape index (κ1) is 14.5. The number of halogens is 2. The summed E-state index contributed by atoms with van der Waals surface area (Å²) in [5, 5.41) is 0. The van der Waals surface area contributed by atoms with Crippen LogP contribution in [0, 0.1) is 11.6 Å². The monoisotopic (exact) mass is 254 g/mol. The second-order valence-corrected chi connectivity index (χ2v) is 4.22. The Kier molecular flexibility index (Phi) is 5.62. The van der Waals surface area contributed by atoms with Gasteiger partial charge in [-0.25, -0.2) is 8.78 Å². The predicted molar refractivity (Wildman–Crippen MR) is 64.5 cm³/mol. The Bertz CT molecular complexity index is 441. The Morgan fingerprint density at radius 1 is 1.17 bits per heavy atom. The average molecular weight is 254 g/mol. The number of hydrogen-bond donors (Lipinski definition) is 0. The average Bonchev–Trinajstić information content (AvgIpc) is 2.28. The number of hydrogen-bond acceptors (Lipinski definition) is 2. The molecule has 0 N–H and O–H groups in total. The van der Waals surface area contributed by atoms with Gasteiger partial charge in [-0.05, 0) is 18.6 Å². The van der Waals surface area contributed by atoms with Crippen LogP contribution in [0.4, 0.5) is 8.78 Å². The molecule has 0 atom stereocenters. The largest absolute Gasteiger partial charge is 0.299 e. The van der Waals surface area contributed by atoms with Crippen LogP contribution in [-0.4, -0.2) is 11.6 Å². The summed E-state index contributed by atoms with van der Waals surface area (Å²) in [5.41, 5.74) is -0.222. The molecule has 0 radical (unpaired) electrons. The van der Waals surface area contributed by atoms with Gasteiger partial charge in [0.2, 0.25) is 0 Å². The van der Waals surface area contributed by atoms with Crippen LogP contribution in [0.25, 0.3) is 0 Å². The van der Waals surface area contributed by atoms with E-state index in [1.54, 1.807) is 0 Å². The van der Waals surface area contributed by atoms with Crippen LogP contribution < -0.4 is 0 Å². The van der Waals surface area contributed by atoms with Crippen molar-refractivity contribution in [3.63, 3.8) is 0 Å². The molecule has 1 rings (SSSR count). The van der Waals surface area contributed by atoms with Crippen LogP contribution in [-0.2, 0) is 4.79 Å². The van der Waals surface area contributed by atoms with Gasteiger partial charge in [0, 0.05) is 12.5 Å². The van der Waals surface area contributed by atoms with Gasteiger partial charge in [-0.15, -0.1) is 0 Å². The minimum atomic E-state index is -0.915. The quantitative estimate of drug-likeness (QED) is 0.422. The van der Waals surface area contributed by atoms with Gasteiger partial charge in [-0.3, -0.25) is 9.59 Å². The lowest BCUT2D eigenvalue weighted by molar-refractivity contribution is -0.118. The number of Topliss-reactive ketones (excluding diaryl/α,β-unsaturated/α-hetero) is 2. The molecule has 1 aromatic carbocycles. The number of carbonyl (C=O) groups excluding carboxylic acids is 2. The van der Waals surface area contributed by atoms with Crippen LogP contribution >= 0.6 is 0 Å². The second-order valence-electron chi connectivity index (χ2n) is 4.22. The fraction of sp³-hybridized carbons (Fsp3) is 0.429. The first-order valence-electron chi connectivity index (χ1n) is 6.04. The van der Waals surface area contributed by atoms with Crippen molar-refractivity contribution in [1.82, 2.24) is 0 Å². The zero-order valence-electron chi connectivity index (χ0n) is 10.3. The van der Waals surface area contributed by atoms with E-state index < -0.39 is 17.4 Å².